The molecule has 0 heterocycles. The van der Waals surface area contributed by atoms with Crippen molar-refractivity contribution < 1.29 is 18.3 Å². The summed E-state index contributed by atoms with van der Waals surface area (Å²) in [5.74, 6) is 0. The standard InChI is InChI=1S/C11H12BrF3O/c1-7-8(3-2-4-9(7)12)10(16)5-6-11(13,14)15/h2-4,10,16H,5-6H2,1H3. The minimum absolute atomic E-state index is 0.305. The maximum absolute atomic E-state index is 12.0. The predicted molar refractivity (Wildman–Crippen MR) is 59.1 cm³/mol. The van der Waals surface area contributed by atoms with Crippen molar-refractivity contribution in [2.45, 2.75) is 32.0 Å². The summed E-state index contributed by atoms with van der Waals surface area (Å²) in [6, 6.07) is 5.12. The summed E-state index contributed by atoms with van der Waals surface area (Å²) < 4.78 is 36.8. The molecule has 1 atom stereocenters. The molecule has 0 radical (unpaired) electrons. The van der Waals surface area contributed by atoms with Gasteiger partial charge in [-0.1, -0.05) is 28.1 Å². The molecule has 0 aliphatic carbocycles. The third-order valence-corrected chi connectivity index (χ3v) is 3.23. The van der Waals surface area contributed by atoms with Crippen LogP contribution in [0.5, 0.6) is 0 Å². The molecule has 0 aromatic heterocycles. The summed E-state index contributed by atoms with van der Waals surface area (Å²) in [4.78, 5) is 0. The van der Waals surface area contributed by atoms with Crippen molar-refractivity contribution >= 4 is 15.9 Å². The highest BCUT2D eigenvalue weighted by atomic mass is 79.9. The Bertz CT molecular complexity index is 363. The second-order valence-corrected chi connectivity index (χ2v) is 4.48. The van der Waals surface area contributed by atoms with Crippen molar-refractivity contribution in [1.29, 1.82) is 0 Å². The Balaban J connectivity index is 2.73. The molecule has 5 heteroatoms. The summed E-state index contributed by atoms with van der Waals surface area (Å²) in [5.41, 5.74) is 1.32. The lowest BCUT2D eigenvalue weighted by atomic mass is 10.00. The maximum atomic E-state index is 12.0. The van der Waals surface area contributed by atoms with Crippen LogP contribution in [0.1, 0.15) is 30.1 Å². The number of alkyl halides is 3. The van der Waals surface area contributed by atoms with Gasteiger partial charge in [0.25, 0.3) is 0 Å². The normalized spacial score (nSPS) is 13.9. The molecule has 1 N–H and O–H groups in total. The fraction of sp³-hybridized carbons (Fsp3) is 0.455. The van der Waals surface area contributed by atoms with Crippen LogP contribution in [-0.4, -0.2) is 11.3 Å². The van der Waals surface area contributed by atoms with Gasteiger partial charge in [-0.3, -0.25) is 0 Å². The zero-order valence-corrected chi connectivity index (χ0v) is 10.3. The monoisotopic (exact) mass is 296 g/mol. The van der Waals surface area contributed by atoms with E-state index in [0.717, 1.165) is 10.0 Å². The average molecular weight is 297 g/mol. The molecule has 0 amide bonds. The van der Waals surface area contributed by atoms with E-state index in [2.05, 4.69) is 15.9 Å². The smallest absolute Gasteiger partial charge is 0.388 e. The SMILES string of the molecule is Cc1c(Br)cccc1C(O)CCC(F)(F)F. The van der Waals surface area contributed by atoms with Gasteiger partial charge in [0.1, 0.15) is 0 Å². The lowest BCUT2D eigenvalue weighted by molar-refractivity contribution is -0.140. The minimum atomic E-state index is -4.22. The van der Waals surface area contributed by atoms with Crippen molar-refractivity contribution in [3.8, 4) is 0 Å². The van der Waals surface area contributed by atoms with Gasteiger partial charge in [0, 0.05) is 10.9 Å². The van der Waals surface area contributed by atoms with Crippen LogP contribution in [0.15, 0.2) is 22.7 Å². The van der Waals surface area contributed by atoms with E-state index < -0.39 is 18.7 Å². The van der Waals surface area contributed by atoms with Crippen LogP contribution in [-0.2, 0) is 0 Å². The molecule has 0 fully saturated rings. The molecule has 0 aliphatic heterocycles. The summed E-state index contributed by atoms with van der Waals surface area (Å²) >= 11 is 3.27. The second-order valence-electron chi connectivity index (χ2n) is 3.62. The van der Waals surface area contributed by atoms with Crippen molar-refractivity contribution in [2.75, 3.05) is 0 Å². The van der Waals surface area contributed by atoms with Crippen LogP contribution in [0.4, 0.5) is 13.2 Å². The first kappa shape index (κ1) is 13.5. The minimum Gasteiger partial charge on any atom is -0.388 e. The van der Waals surface area contributed by atoms with Crippen LogP contribution in [0, 0.1) is 6.92 Å². The lowest BCUT2D eigenvalue weighted by Gasteiger charge is -2.15. The molecule has 1 nitrogen and oxygen atoms in total. The second kappa shape index (κ2) is 5.19. The molecule has 0 saturated heterocycles. The van der Waals surface area contributed by atoms with Gasteiger partial charge in [-0.2, -0.15) is 13.2 Å². The third-order valence-electron chi connectivity index (χ3n) is 2.37. The van der Waals surface area contributed by atoms with Crippen molar-refractivity contribution in [3.63, 3.8) is 0 Å². The first-order chi connectivity index (χ1) is 7.31. The Hall–Kier alpha value is -0.550. The summed E-state index contributed by atoms with van der Waals surface area (Å²) in [6.45, 7) is 1.76. The third kappa shape index (κ3) is 3.79. The largest absolute Gasteiger partial charge is 0.389 e. The molecule has 1 rings (SSSR count). The van der Waals surface area contributed by atoms with Gasteiger partial charge in [0.2, 0.25) is 0 Å². The Kier molecular flexibility index (Phi) is 4.38. The van der Waals surface area contributed by atoms with Crippen molar-refractivity contribution in [1.82, 2.24) is 0 Å². The molecule has 16 heavy (non-hydrogen) atoms. The predicted octanol–water partition coefficient (Wildman–Crippen LogP) is 4.13. The molecule has 0 bridgehead atoms. The number of rotatable bonds is 3. The molecule has 0 aliphatic rings. The Morgan fingerprint density at radius 1 is 1.38 bits per heavy atom. The molecule has 1 aromatic rings. The van der Waals surface area contributed by atoms with Gasteiger partial charge in [-0.05, 0) is 30.5 Å². The van der Waals surface area contributed by atoms with Gasteiger partial charge in [-0.25, -0.2) is 0 Å². The van der Waals surface area contributed by atoms with Crippen LogP contribution in [0.2, 0.25) is 0 Å². The van der Waals surface area contributed by atoms with E-state index in [9.17, 15) is 18.3 Å². The van der Waals surface area contributed by atoms with Crippen LogP contribution in [0.25, 0.3) is 0 Å². The van der Waals surface area contributed by atoms with Gasteiger partial charge in [0.15, 0.2) is 0 Å². The zero-order valence-electron chi connectivity index (χ0n) is 8.68. The molecule has 90 valence electrons. The lowest BCUT2D eigenvalue weighted by Crippen LogP contribution is -2.10. The quantitative estimate of drug-likeness (QED) is 0.889. The molecular weight excluding hydrogens is 285 g/mol. The number of aliphatic hydroxyl groups is 1. The summed E-state index contributed by atoms with van der Waals surface area (Å²) in [5, 5.41) is 9.67. The van der Waals surface area contributed by atoms with E-state index in [-0.39, 0.29) is 6.42 Å². The first-order valence-electron chi connectivity index (χ1n) is 4.81. The zero-order chi connectivity index (χ0) is 12.3. The molecule has 1 unspecified atom stereocenters. The number of halogens is 4. The number of benzene rings is 1. The highest BCUT2D eigenvalue weighted by molar-refractivity contribution is 9.10. The first-order valence-corrected chi connectivity index (χ1v) is 5.60. The summed E-state index contributed by atoms with van der Waals surface area (Å²) in [6.07, 6.45) is -6.57. The van der Waals surface area contributed by atoms with E-state index in [4.69, 9.17) is 0 Å². The van der Waals surface area contributed by atoms with Crippen molar-refractivity contribution in [3.05, 3.63) is 33.8 Å². The average Bonchev–Trinajstić information content (AvgIpc) is 2.17. The highest BCUT2D eigenvalue weighted by Gasteiger charge is 2.28. The molecule has 1 aromatic carbocycles. The highest BCUT2D eigenvalue weighted by Crippen LogP contribution is 2.30. The maximum Gasteiger partial charge on any atom is 0.389 e. The molecule has 0 spiro atoms. The van der Waals surface area contributed by atoms with Gasteiger partial charge < -0.3 is 5.11 Å². The van der Waals surface area contributed by atoms with Gasteiger partial charge in [-0.15, -0.1) is 0 Å². The van der Waals surface area contributed by atoms with Crippen LogP contribution >= 0.6 is 15.9 Å². The van der Waals surface area contributed by atoms with E-state index in [1.54, 1.807) is 25.1 Å². The van der Waals surface area contributed by atoms with Crippen LogP contribution in [0.3, 0.4) is 0 Å². The summed E-state index contributed by atoms with van der Waals surface area (Å²) in [7, 11) is 0. The number of hydrogen-bond acceptors (Lipinski definition) is 1. The Morgan fingerprint density at radius 3 is 2.56 bits per heavy atom. The fourth-order valence-corrected chi connectivity index (χ4v) is 1.82. The topological polar surface area (TPSA) is 20.2 Å². The fourth-order valence-electron chi connectivity index (χ4n) is 1.44. The van der Waals surface area contributed by atoms with E-state index >= 15 is 0 Å². The number of hydrogen-bond donors (Lipinski definition) is 1. The Morgan fingerprint density at radius 2 is 2.00 bits per heavy atom. The van der Waals surface area contributed by atoms with Gasteiger partial charge in [0.05, 0.1) is 6.10 Å². The van der Waals surface area contributed by atoms with Gasteiger partial charge >= 0.3 is 6.18 Å². The van der Waals surface area contributed by atoms with Crippen LogP contribution < -0.4 is 0 Å². The van der Waals surface area contributed by atoms with Crippen molar-refractivity contribution in [2.24, 2.45) is 0 Å². The van der Waals surface area contributed by atoms with E-state index in [1.165, 1.54) is 0 Å². The molecular formula is C11H12BrF3O. The van der Waals surface area contributed by atoms with E-state index in [0.29, 0.717) is 5.56 Å². The molecule has 0 saturated carbocycles. The number of aliphatic hydroxyl groups excluding tert-OH is 1. The Labute approximate surface area is 100 Å². The van der Waals surface area contributed by atoms with E-state index in [1.807, 2.05) is 0 Å².